The van der Waals surface area contributed by atoms with Crippen molar-refractivity contribution >= 4 is 23.5 Å². The van der Waals surface area contributed by atoms with Crippen molar-refractivity contribution in [2.24, 2.45) is 22.4 Å². The molecule has 0 aliphatic heterocycles. The molecule has 0 spiro atoms. The van der Waals surface area contributed by atoms with Crippen LogP contribution in [0.15, 0.2) is 53.5 Å². The Hall–Kier alpha value is -3.35. The van der Waals surface area contributed by atoms with Gasteiger partial charge in [-0.1, -0.05) is 44.2 Å². The summed E-state index contributed by atoms with van der Waals surface area (Å²) in [6.07, 6.45) is 0.0448. The molecule has 0 saturated carbocycles. The maximum atomic E-state index is 12.5. The third-order valence-corrected chi connectivity index (χ3v) is 4.46. The first-order valence-electron chi connectivity index (χ1n) is 9.05. The van der Waals surface area contributed by atoms with Crippen LogP contribution >= 0.6 is 0 Å². The molecule has 1 atom stereocenters. The minimum Gasteiger partial charge on any atom is -0.481 e. The maximum Gasteiger partial charge on any atom is 0.303 e. The molecule has 2 aromatic rings. The number of carboxylic acids is 1. The highest BCUT2D eigenvalue weighted by Gasteiger charge is 2.22. The van der Waals surface area contributed by atoms with Crippen LogP contribution in [-0.2, 0) is 11.3 Å². The summed E-state index contributed by atoms with van der Waals surface area (Å²) in [5, 5.41) is 12.1. The van der Waals surface area contributed by atoms with E-state index in [-0.39, 0.29) is 30.1 Å². The summed E-state index contributed by atoms with van der Waals surface area (Å²) in [6, 6.07) is 14.3. The molecule has 0 heterocycles. The lowest BCUT2D eigenvalue weighted by Gasteiger charge is -2.22. The number of hydrogen-bond acceptors (Lipinski definition) is 3. The van der Waals surface area contributed by atoms with Gasteiger partial charge in [0.25, 0.3) is 5.91 Å². The lowest BCUT2D eigenvalue weighted by molar-refractivity contribution is -0.137. The SMILES string of the molecule is CC(C)C(CC(=O)O)c1ccccc1CNC(=O)c1cccc(N=C(N)N)c1. The van der Waals surface area contributed by atoms with Gasteiger partial charge in [-0.05, 0) is 41.2 Å². The highest BCUT2D eigenvalue weighted by Crippen LogP contribution is 2.30. The molecule has 0 radical (unpaired) electrons. The summed E-state index contributed by atoms with van der Waals surface area (Å²) in [7, 11) is 0. The van der Waals surface area contributed by atoms with E-state index in [4.69, 9.17) is 11.5 Å². The highest BCUT2D eigenvalue weighted by molar-refractivity contribution is 5.95. The summed E-state index contributed by atoms with van der Waals surface area (Å²) in [4.78, 5) is 27.7. The largest absolute Gasteiger partial charge is 0.481 e. The number of aliphatic carboxylic acids is 1. The van der Waals surface area contributed by atoms with Gasteiger partial charge in [0, 0.05) is 12.1 Å². The van der Waals surface area contributed by atoms with E-state index in [1.54, 1.807) is 24.3 Å². The van der Waals surface area contributed by atoms with E-state index in [2.05, 4.69) is 10.3 Å². The third kappa shape index (κ3) is 5.84. The number of benzene rings is 2. The van der Waals surface area contributed by atoms with Crippen LogP contribution in [-0.4, -0.2) is 22.9 Å². The quantitative estimate of drug-likeness (QED) is 0.412. The van der Waals surface area contributed by atoms with Crippen LogP contribution in [0.5, 0.6) is 0 Å². The van der Waals surface area contributed by atoms with E-state index in [9.17, 15) is 14.7 Å². The minimum atomic E-state index is -0.839. The van der Waals surface area contributed by atoms with Crippen LogP contribution in [0.4, 0.5) is 5.69 Å². The Morgan fingerprint density at radius 3 is 2.46 bits per heavy atom. The fourth-order valence-electron chi connectivity index (χ4n) is 3.09. The molecule has 6 N–H and O–H groups in total. The molecule has 28 heavy (non-hydrogen) atoms. The number of aliphatic imine (C=N–C) groups is 1. The molecule has 0 bridgehead atoms. The van der Waals surface area contributed by atoms with Gasteiger partial charge in [0.1, 0.15) is 0 Å². The van der Waals surface area contributed by atoms with Gasteiger partial charge < -0.3 is 21.9 Å². The summed E-state index contributed by atoms with van der Waals surface area (Å²) in [6.45, 7) is 4.29. The number of nitrogens with one attached hydrogen (secondary N) is 1. The zero-order valence-electron chi connectivity index (χ0n) is 16.1. The van der Waals surface area contributed by atoms with E-state index < -0.39 is 5.97 Å². The van der Waals surface area contributed by atoms with Crippen molar-refractivity contribution in [3.05, 3.63) is 65.2 Å². The molecular formula is C21H26N4O3. The number of carbonyl (C=O) groups excluding carboxylic acids is 1. The highest BCUT2D eigenvalue weighted by atomic mass is 16.4. The normalized spacial score (nSPS) is 11.7. The second-order valence-electron chi connectivity index (χ2n) is 6.92. The van der Waals surface area contributed by atoms with E-state index in [1.165, 1.54) is 0 Å². The zero-order valence-corrected chi connectivity index (χ0v) is 16.1. The Balaban J connectivity index is 2.18. The number of nitrogens with two attached hydrogens (primary N) is 2. The minimum absolute atomic E-state index is 0.0448. The molecule has 1 unspecified atom stereocenters. The number of guanidine groups is 1. The Kier molecular flexibility index (Phi) is 7.14. The first-order chi connectivity index (χ1) is 13.3. The molecule has 0 aliphatic carbocycles. The fourth-order valence-corrected chi connectivity index (χ4v) is 3.09. The van der Waals surface area contributed by atoms with Crippen LogP contribution in [0.2, 0.25) is 0 Å². The number of carbonyl (C=O) groups is 2. The molecule has 2 rings (SSSR count). The van der Waals surface area contributed by atoms with Crippen molar-refractivity contribution in [2.45, 2.75) is 32.7 Å². The van der Waals surface area contributed by atoms with E-state index in [0.29, 0.717) is 17.8 Å². The average molecular weight is 382 g/mol. The predicted molar refractivity (Wildman–Crippen MR) is 109 cm³/mol. The van der Waals surface area contributed by atoms with Crippen LogP contribution in [0.25, 0.3) is 0 Å². The van der Waals surface area contributed by atoms with Gasteiger partial charge in [-0.2, -0.15) is 0 Å². The van der Waals surface area contributed by atoms with Crippen molar-refractivity contribution in [3.63, 3.8) is 0 Å². The molecule has 1 amide bonds. The first kappa shape index (κ1) is 21.0. The van der Waals surface area contributed by atoms with Crippen molar-refractivity contribution < 1.29 is 14.7 Å². The molecular weight excluding hydrogens is 356 g/mol. The number of nitrogens with zero attached hydrogens (tertiary/aromatic N) is 1. The van der Waals surface area contributed by atoms with Crippen molar-refractivity contribution in [2.75, 3.05) is 0 Å². The van der Waals surface area contributed by atoms with E-state index >= 15 is 0 Å². The van der Waals surface area contributed by atoms with Gasteiger partial charge in [0.15, 0.2) is 5.96 Å². The zero-order chi connectivity index (χ0) is 20.7. The van der Waals surface area contributed by atoms with Crippen LogP contribution in [0.3, 0.4) is 0 Å². The number of hydrogen-bond donors (Lipinski definition) is 4. The molecule has 0 aliphatic rings. The molecule has 7 heteroatoms. The van der Waals surface area contributed by atoms with Crippen molar-refractivity contribution in [3.8, 4) is 0 Å². The Labute approximate surface area is 164 Å². The van der Waals surface area contributed by atoms with Crippen LogP contribution in [0.1, 0.15) is 47.7 Å². The smallest absolute Gasteiger partial charge is 0.303 e. The lowest BCUT2D eigenvalue weighted by Crippen LogP contribution is -2.24. The Morgan fingerprint density at radius 2 is 1.82 bits per heavy atom. The number of amides is 1. The van der Waals surface area contributed by atoms with Crippen LogP contribution < -0.4 is 16.8 Å². The Bertz CT molecular complexity index is 873. The molecule has 7 nitrogen and oxygen atoms in total. The second-order valence-corrected chi connectivity index (χ2v) is 6.92. The molecule has 0 aromatic heterocycles. The number of carboxylic acid groups (broad SMARTS) is 1. The Morgan fingerprint density at radius 1 is 1.11 bits per heavy atom. The summed E-state index contributed by atoms with van der Waals surface area (Å²) < 4.78 is 0. The molecule has 148 valence electrons. The molecule has 0 saturated heterocycles. The van der Waals surface area contributed by atoms with E-state index in [1.807, 2.05) is 38.1 Å². The third-order valence-electron chi connectivity index (χ3n) is 4.46. The summed E-state index contributed by atoms with van der Waals surface area (Å²) in [5.74, 6) is -1.15. The predicted octanol–water partition coefficient (Wildman–Crippen LogP) is 2.74. The standard InChI is InChI=1S/C21H26N4O3/c1-13(2)18(11-19(26)27)17-9-4-3-6-15(17)12-24-20(28)14-7-5-8-16(10-14)25-21(22)23/h3-10,13,18H,11-12H2,1-2H3,(H,24,28)(H,26,27)(H4,22,23,25). The lowest BCUT2D eigenvalue weighted by atomic mass is 9.83. The van der Waals surface area contributed by atoms with Gasteiger partial charge in [-0.25, -0.2) is 4.99 Å². The van der Waals surface area contributed by atoms with Crippen molar-refractivity contribution in [1.82, 2.24) is 5.32 Å². The van der Waals surface area contributed by atoms with Crippen molar-refractivity contribution in [1.29, 1.82) is 0 Å². The van der Waals surface area contributed by atoms with Crippen LogP contribution in [0, 0.1) is 5.92 Å². The second kappa shape index (κ2) is 9.55. The monoisotopic (exact) mass is 382 g/mol. The first-order valence-corrected chi connectivity index (χ1v) is 9.05. The van der Waals surface area contributed by atoms with Gasteiger partial charge >= 0.3 is 5.97 Å². The molecule has 0 fully saturated rings. The summed E-state index contributed by atoms with van der Waals surface area (Å²) >= 11 is 0. The topological polar surface area (TPSA) is 131 Å². The van der Waals surface area contributed by atoms with Gasteiger partial charge in [-0.15, -0.1) is 0 Å². The maximum absolute atomic E-state index is 12.5. The van der Waals surface area contributed by atoms with E-state index in [0.717, 1.165) is 11.1 Å². The molecule has 2 aromatic carbocycles. The van der Waals surface area contributed by atoms with Gasteiger partial charge in [0.2, 0.25) is 0 Å². The average Bonchev–Trinajstić information content (AvgIpc) is 2.64. The van der Waals surface area contributed by atoms with Gasteiger partial charge in [0.05, 0.1) is 12.1 Å². The van der Waals surface area contributed by atoms with Gasteiger partial charge in [-0.3, -0.25) is 9.59 Å². The fraction of sp³-hybridized carbons (Fsp3) is 0.286. The number of rotatable bonds is 8. The summed E-state index contributed by atoms with van der Waals surface area (Å²) in [5.41, 5.74) is 13.5.